The van der Waals surface area contributed by atoms with Gasteiger partial charge in [0.1, 0.15) is 0 Å². The van der Waals surface area contributed by atoms with E-state index in [4.69, 9.17) is 6.42 Å². The third-order valence-electron chi connectivity index (χ3n) is 2.60. The Morgan fingerprint density at radius 3 is 2.60 bits per heavy atom. The summed E-state index contributed by atoms with van der Waals surface area (Å²) in [7, 11) is 3.68. The summed E-state index contributed by atoms with van der Waals surface area (Å²) in [6, 6.07) is 6.87. The number of amides is 1. The van der Waals surface area contributed by atoms with Crippen LogP contribution < -0.4 is 4.90 Å². The molecular formula is C16H18N2O2. The van der Waals surface area contributed by atoms with Gasteiger partial charge in [-0.05, 0) is 12.1 Å². The molecule has 0 fully saturated rings. The molecule has 0 aliphatic heterocycles. The summed E-state index contributed by atoms with van der Waals surface area (Å²) in [5.74, 6) is 2.16. The minimum atomic E-state index is -0.156. The van der Waals surface area contributed by atoms with Crippen LogP contribution in [0.1, 0.15) is 17.3 Å². The summed E-state index contributed by atoms with van der Waals surface area (Å²) >= 11 is 0. The lowest BCUT2D eigenvalue weighted by Gasteiger charge is -2.18. The van der Waals surface area contributed by atoms with Gasteiger partial charge in [0, 0.05) is 44.5 Å². The Morgan fingerprint density at radius 2 is 2.05 bits per heavy atom. The molecule has 4 nitrogen and oxygen atoms in total. The van der Waals surface area contributed by atoms with Crippen molar-refractivity contribution in [3.05, 3.63) is 42.1 Å². The molecular weight excluding hydrogens is 252 g/mol. The highest BCUT2D eigenvalue weighted by atomic mass is 16.2. The molecule has 0 aliphatic rings. The molecule has 1 aromatic rings. The molecule has 4 heteroatoms. The van der Waals surface area contributed by atoms with Crippen LogP contribution in [0.25, 0.3) is 0 Å². The Morgan fingerprint density at radius 1 is 1.35 bits per heavy atom. The Balaban J connectivity index is 3.04. The number of carbonyl (C=O) groups excluding carboxylic acids is 2. The fraction of sp³-hybridized carbons (Fsp3) is 0.250. The predicted molar refractivity (Wildman–Crippen MR) is 80.5 cm³/mol. The number of anilines is 1. The van der Waals surface area contributed by atoms with E-state index in [-0.39, 0.29) is 18.2 Å². The number of hydrogen-bond donors (Lipinski definition) is 0. The van der Waals surface area contributed by atoms with E-state index < -0.39 is 0 Å². The zero-order chi connectivity index (χ0) is 15.1. The van der Waals surface area contributed by atoms with E-state index >= 15 is 0 Å². The molecule has 0 heterocycles. The monoisotopic (exact) mass is 270 g/mol. The zero-order valence-electron chi connectivity index (χ0n) is 12.0. The Bertz CT molecular complexity index is 568. The molecule has 0 N–H and O–H groups in total. The highest BCUT2D eigenvalue weighted by molar-refractivity contribution is 6.05. The molecule has 0 unspecified atom stereocenters. The largest absolute Gasteiger partial charge is 0.383 e. The molecule has 0 radical (unpaired) electrons. The maximum absolute atomic E-state index is 12.0. The molecule has 20 heavy (non-hydrogen) atoms. The van der Waals surface area contributed by atoms with Crippen LogP contribution >= 0.6 is 0 Å². The van der Waals surface area contributed by atoms with Crippen molar-refractivity contribution in [1.29, 1.82) is 0 Å². The van der Waals surface area contributed by atoms with E-state index in [9.17, 15) is 9.59 Å². The number of nitrogens with zero attached hydrogens (tertiary/aromatic N) is 2. The Labute approximate surface area is 119 Å². The van der Waals surface area contributed by atoms with Crippen LogP contribution in [-0.4, -0.2) is 37.2 Å². The van der Waals surface area contributed by atoms with E-state index in [2.05, 4.69) is 5.92 Å². The predicted octanol–water partition coefficient (Wildman–Crippen LogP) is 1.93. The van der Waals surface area contributed by atoms with E-state index in [0.717, 1.165) is 0 Å². The van der Waals surface area contributed by atoms with Crippen molar-refractivity contribution < 1.29 is 9.59 Å². The number of allylic oxidation sites excluding steroid dienone is 1. The first-order chi connectivity index (χ1) is 9.45. The van der Waals surface area contributed by atoms with Gasteiger partial charge in [0.2, 0.25) is 5.91 Å². The standard InChI is InChI=1S/C16H18N2O2/c1-5-10-18(13(2)19)15-8-6-7-14(12-15)16(20)9-11-17(3)4/h1,6-9,11-12H,10H2,2-4H3/b11-9+. The van der Waals surface area contributed by atoms with Crippen LogP contribution in [0, 0.1) is 12.3 Å². The average Bonchev–Trinajstić information content (AvgIpc) is 2.41. The van der Waals surface area contributed by atoms with E-state index in [1.807, 2.05) is 14.1 Å². The van der Waals surface area contributed by atoms with Crippen LogP contribution in [0.5, 0.6) is 0 Å². The van der Waals surface area contributed by atoms with Crippen molar-refractivity contribution >= 4 is 17.4 Å². The fourth-order valence-electron chi connectivity index (χ4n) is 1.62. The van der Waals surface area contributed by atoms with Gasteiger partial charge in [-0.2, -0.15) is 0 Å². The second-order valence-corrected chi connectivity index (χ2v) is 4.50. The molecule has 0 spiro atoms. The lowest BCUT2D eigenvalue weighted by molar-refractivity contribution is -0.116. The average molecular weight is 270 g/mol. The van der Waals surface area contributed by atoms with Crippen molar-refractivity contribution in [2.24, 2.45) is 0 Å². The quantitative estimate of drug-likeness (QED) is 0.466. The zero-order valence-corrected chi connectivity index (χ0v) is 12.0. The van der Waals surface area contributed by atoms with Crippen LogP contribution in [0.4, 0.5) is 5.69 Å². The first kappa shape index (κ1) is 15.5. The van der Waals surface area contributed by atoms with Crippen molar-refractivity contribution in [2.45, 2.75) is 6.92 Å². The van der Waals surface area contributed by atoms with Crippen LogP contribution in [-0.2, 0) is 4.79 Å². The molecule has 0 saturated carbocycles. The van der Waals surface area contributed by atoms with Gasteiger partial charge >= 0.3 is 0 Å². The summed E-state index contributed by atoms with van der Waals surface area (Å²) in [6.07, 6.45) is 8.42. The van der Waals surface area contributed by atoms with Crippen LogP contribution in [0.15, 0.2) is 36.5 Å². The molecule has 0 bridgehead atoms. The van der Waals surface area contributed by atoms with E-state index in [1.165, 1.54) is 17.9 Å². The third-order valence-corrected chi connectivity index (χ3v) is 2.60. The minimum absolute atomic E-state index is 0.121. The number of hydrogen-bond acceptors (Lipinski definition) is 3. The lowest BCUT2D eigenvalue weighted by Crippen LogP contribution is -2.28. The molecule has 1 rings (SSSR count). The fourth-order valence-corrected chi connectivity index (χ4v) is 1.62. The molecule has 0 atom stereocenters. The highest BCUT2D eigenvalue weighted by Gasteiger charge is 2.11. The number of benzene rings is 1. The SMILES string of the molecule is C#CCN(C(C)=O)c1cccc(C(=O)/C=C/N(C)C)c1. The van der Waals surface area contributed by atoms with Crippen molar-refractivity contribution in [2.75, 3.05) is 25.5 Å². The lowest BCUT2D eigenvalue weighted by atomic mass is 10.1. The maximum atomic E-state index is 12.0. The number of rotatable bonds is 5. The summed E-state index contributed by atoms with van der Waals surface area (Å²) in [4.78, 5) is 26.8. The van der Waals surface area contributed by atoms with Crippen LogP contribution in [0.3, 0.4) is 0 Å². The topological polar surface area (TPSA) is 40.6 Å². The van der Waals surface area contributed by atoms with Crippen molar-refractivity contribution in [3.63, 3.8) is 0 Å². The molecule has 1 aromatic carbocycles. The highest BCUT2D eigenvalue weighted by Crippen LogP contribution is 2.17. The second-order valence-electron chi connectivity index (χ2n) is 4.50. The molecule has 0 aromatic heterocycles. The summed E-state index contributed by atoms with van der Waals surface area (Å²) in [6.45, 7) is 1.62. The van der Waals surface area contributed by atoms with Crippen LogP contribution in [0.2, 0.25) is 0 Å². The van der Waals surface area contributed by atoms with Crippen molar-refractivity contribution in [3.8, 4) is 12.3 Å². The molecule has 0 saturated heterocycles. The van der Waals surface area contributed by atoms with Gasteiger partial charge in [0.15, 0.2) is 5.78 Å². The van der Waals surface area contributed by atoms with Gasteiger partial charge in [-0.25, -0.2) is 0 Å². The molecule has 1 amide bonds. The minimum Gasteiger partial charge on any atom is -0.383 e. The molecule has 0 aliphatic carbocycles. The first-order valence-corrected chi connectivity index (χ1v) is 6.16. The number of terminal acetylenes is 1. The van der Waals surface area contributed by atoms with Gasteiger partial charge in [0.05, 0.1) is 6.54 Å². The number of carbonyl (C=O) groups is 2. The second kappa shape index (κ2) is 7.15. The summed E-state index contributed by atoms with van der Waals surface area (Å²) in [5.41, 5.74) is 1.14. The first-order valence-electron chi connectivity index (χ1n) is 6.16. The van der Waals surface area contributed by atoms with E-state index in [1.54, 1.807) is 35.4 Å². The normalized spacial score (nSPS) is 10.1. The van der Waals surface area contributed by atoms with Crippen molar-refractivity contribution in [1.82, 2.24) is 4.90 Å². The van der Waals surface area contributed by atoms with Gasteiger partial charge in [-0.1, -0.05) is 18.1 Å². The van der Waals surface area contributed by atoms with Gasteiger partial charge in [-0.15, -0.1) is 6.42 Å². The summed E-state index contributed by atoms with van der Waals surface area (Å²) < 4.78 is 0. The third kappa shape index (κ3) is 4.29. The van der Waals surface area contributed by atoms with Gasteiger partial charge in [0.25, 0.3) is 0 Å². The van der Waals surface area contributed by atoms with Gasteiger partial charge < -0.3 is 9.80 Å². The maximum Gasteiger partial charge on any atom is 0.224 e. The number of ketones is 1. The Kier molecular flexibility index (Phi) is 5.55. The van der Waals surface area contributed by atoms with E-state index in [0.29, 0.717) is 11.3 Å². The molecule has 104 valence electrons. The Hall–Kier alpha value is -2.54. The van der Waals surface area contributed by atoms with Gasteiger partial charge in [-0.3, -0.25) is 9.59 Å². The summed E-state index contributed by atoms with van der Waals surface area (Å²) in [5, 5.41) is 0. The smallest absolute Gasteiger partial charge is 0.224 e.